The maximum Gasteiger partial charge on any atom is 0.279 e. The molecule has 2 aromatic rings. The Labute approximate surface area is 167 Å². The van der Waals surface area contributed by atoms with Crippen LogP contribution in [0.1, 0.15) is 11.1 Å². The first kappa shape index (κ1) is 20.2. The van der Waals surface area contributed by atoms with Crippen LogP contribution in [0.3, 0.4) is 0 Å². The van der Waals surface area contributed by atoms with Crippen molar-refractivity contribution in [1.29, 1.82) is 0 Å². The molecular weight excluding hydrogens is 354 g/mol. The largest absolute Gasteiger partial charge is 0.497 e. The van der Waals surface area contributed by atoms with Gasteiger partial charge in [-0.05, 0) is 19.1 Å². The fourth-order valence-corrected chi connectivity index (χ4v) is 3.75. The summed E-state index contributed by atoms with van der Waals surface area (Å²) in [6.45, 7) is 7.84. The quantitative estimate of drug-likeness (QED) is 0.626. The molecule has 0 aliphatic carbocycles. The third kappa shape index (κ3) is 5.47. The summed E-state index contributed by atoms with van der Waals surface area (Å²) in [7, 11) is 3.20. The molecule has 1 aliphatic heterocycles. The number of ether oxygens (including phenoxy) is 2. The van der Waals surface area contributed by atoms with Crippen molar-refractivity contribution in [2.45, 2.75) is 13.5 Å². The second kappa shape index (κ2) is 9.57. The molecule has 0 radical (unpaired) electrons. The van der Waals surface area contributed by atoms with Gasteiger partial charge in [-0.1, -0.05) is 29.8 Å². The number of methoxy groups -OCH3 is 2. The van der Waals surface area contributed by atoms with Crippen molar-refractivity contribution in [1.82, 2.24) is 0 Å². The van der Waals surface area contributed by atoms with Gasteiger partial charge >= 0.3 is 0 Å². The number of nitrogens with one attached hydrogen (secondary N) is 3. The Balaban J connectivity index is 1.49. The first-order chi connectivity index (χ1) is 13.6. The van der Waals surface area contributed by atoms with Gasteiger partial charge in [0.2, 0.25) is 0 Å². The Morgan fingerprint density at radius 1 is 1.00 bits per heavy atom. The van der Waals surface area contributed by atoms with E-state index in [0.717, 1.165) is 32.7 Å². The van der Waals surface area contributed by atoms with Crippen LogP contribution in [0.15, 0.2) is 42.5 Å². The first-order valence-corrected chi connectivity index (χ1v) is 9.82. The third-order valence-corrected chi connectivity index (χ3v) is 5.29. The number of quaternary nitrogens is 2. The highest BCUT2D eigenvalue weighted by molar-refractivity contribution is 5.93. The van der Waals surface area contributed by atoms with Gasteiger partial charge in [0.25, 0.3) is 5.91 Å². The average molecular weight is 386 g/mol. The predicted octanol–water partition coefficient (Wildman–Crippen LogP) is -0.0657. The SMILES string of the molecule is COc1ccc(OC)c(NC(=O)C[NH+]2CC[NH+](Cc3cccc(C)c3)CC2)c1. The molecule has 0 spiro atoms. The zero-order chi connectivity index (χ0) is 19.9. The number of anilines is 1. The standard InChI is InChI=1S/C22H29N3O3/c1-17-5-4-6-18(13-17)15-24-9-11-25(12-10-24)16-22(26)23-20-14-19(27-2)7-8-21(20)28-3/h4-8,13-14H,9-12,15-16H2,1-3H3,(H,23,26)/p+2. The Bertz CT molecular complexity index is 801. The highest BCUT2D eigenvalue weighted by Gasteiger charge is 2.25. The molecule has 6 heteroatoms. The Morgan fingerprint density at radius 3 is 2.43 bits per heavy atom. The molecule has 2 aromatic carbocycles. The molecule has 1 aliphatic rings. The van der Waals surface area contributed by atoms with Crippen LogP contribution < -0.4 is 24.6 Å². The van der Waals surface area contributed by atoms with Gasteiger partial charge in [0.05, 0.1) is 19.9 Å². The molecule has 0 bridgehead atoms. The molecule has 0 aromatic heterocycles. The fourth-order valence-electron chi connectivity index (χ4n) is 3.75. The van der Waals surface area contributed by atoms with E-state index in [1.54, 1.807) is 31.3 Å². The van der Waals surface area contributed by atoms with Gasteiger partial charge in [-0.15, -0.1) is 0 Å². The van der Waals surface area contributed by atoms with Crippen molar-refractivity contribution in [3.8, 4) is 11.5 Å². The van der Waals surface area contributed by atoms with Crippen molar-refractivity contribution in [3.05, 3.63) is 53.6 Å². The van der Waals surface area contributed by atoms with Crippen LogP contribution in [0.4, 0.5) is 5.69 Å². The van der Waals surface area contributed by atoms with Crippen molar-refractivity contribution < 1.29 is 24.1 Å². The number of aryl methyl sites for hydroxylation is 1. The van der Waals surface area contributed by atoms with Gasteiger partial charge < -0.3 is 24.6 Å². The summed E-state index contributed by atoms with van der Waals surface area (Å²) in [6.07, 6.45) is 0. The van der Waals surface area contributed by atoms with Crippen molar-refractivity contribution in [2.75, 3.05) is 52.3 Å². The lowest BCUT2D eigenvalue weighted by atomic mass is 10.1. The first-order valence-electron chi connectivity index (χ1n) is 9.82. The summed E-state index contributed by atoms with van der Waals surface area (Å²) < 4.78 is 10.6. The molecule has 1 heterocycles. The molecule has 0 atom stereocenters. The average Bonchev–Trinajstić information content (AvgIpc) is 2.69. The summed E-state index contributed by atoms with van der Waals surface area (Å²) in [5.41, 5.74) is 3.35. The number of hydrogen-bond acceptors (Lipinski definition) is 3. The van der Waals surface area contributed by atoms with Crippen molar-refractivity contribution in [3.63, 3.8) is 0 Å². The second-order valence-electron chi connectivity index (χ2n) is 7.46. The van der Waals surface area contributed by atoms with Crippen molar-refractivity contribution in [2.24, 2.45) is 0 Å². The number of benzene rings is 2. The molecule has 3 rings (SSSR count). The van der Waals surface area contributed by atoms with Crippen LogP contribution in [0, 0.1) is 6.92 Å². The summed E-state index contributed by atoms with van der Waals surface area (Å²) in [4.78, 5) is 15.4. The third-order valence-electron chi connectivity index (χ3n) is 5.29. The molecule has 0 unspecified atom stereocenters. The number of rotatable bonds is 7. The highest BCUT2D eigenvalue weighted by atomic mass is 16.5. The minimum absolute atomic E-state index is 0.00341. The smallest absolute Gasteiger partial charge is 0.279 e. The van der Waals surface area contributed by atoms with E-state index in [0.29, 0.717) is 23.7 Å². The predicted molar refractivity (Wildman–Crippen MR) is 109 cm³/mol. The topological polar surface area (TPSA) is 56.4 Å². The molecule has 3 N–H and O–H groups in total. The van der Waals surface area contributed by atoms with E-state index in [1.807, 2.05) is 6.07 Å². The molecule has 150 valence electrons. The number of piperazine rings is 1. The molecular formula is C22H31N3O3+2. The van der Waals surface area contributed by atoms with E-state index in [1.165, 1.54) is 16.0 Å². The maximum absolute atomic E-state index is 12.5. The second-order valence-corrected chi connectivity index (χ2v) is 7.46. The van der Waals surface area contributed by atoms with Crippen LogP contribution in [0.5, 0.6) is 11.5 Å². The Hall–Kier alpha value is -2.57. The number of carbonyl (C=O) groups is 1. The van der Waals surface area contributed by atoms with Crippen molar-refractivity contribution >= 4 is 11.6 Å². The summed E-state index contributed by atoms with van der Waals surface area (Å²) >= 11 is 0. The van der Waals surface area contributed by atoms with E-state index < -0.39 is 0 Å². The van der Waals surface area contributed by atoms with Crippen LogP contribution in [-0.4, -0.2) is 52.9 Å². The van der Waals surface area contributed by atoms with E-state index >= 15 is 0 Å². The number of amides is 1. The number of carbonyl (C=O) groups excluding carboxylic acids is 1. The van der Waals surface area contributed by atoms with E-state index in [4.69, 9.17) is 9.47 Å². The summed E-state index contributed by atoms with van der Waals surface area (Å²) in [6, 6.07) is 14.1. The zero-order valence-electron chi connectivity index (χ0n) is 17.0. The maximum atomic E-state index is 12.5. The number of hydrogen-bond donors (Lipinski definition) is 3. The lowest BCUT2D eigenvalue weighted by Gasteiger charge is -2.29. The summed E-state index contributed by atoms with van der Waals surface area (Å²) in [5.74, 6) is 1.33. The highest BCUT2D eigenvalue weighted by Crippen LogP contribution is 2.28. The lowest BCUT2D eigenvalue weighted by Crippen LogP contribution is -3.28. The van der Waals surface area contributed by atoms with Gasteiger partial charge in [0, 0.05) is 11.6 Å². The van der Waals surface area contributed by atoms with Gasteiger partial charge in [-0.2, -0.15) is 0 Å². The normalized spacial score (nSPS) is 19.1. The molecule has 1 fully saturated rings. The van der Waals surface area contributed by atoms with Crippen LogP contribution in [0.2, 0.25) is 0 Å². The van der Waals surface area contributed by atoms with Gasteiger partial charge in [0.1, 0.15) is 44.2 Å². The van der Waals surface area contributed by atoms with Crippen LogP contribution >= 0.6 is 0 Å². The van der Waals surface area contributed by atoms with Gasteiger partial charge in [-0.25, -0.2) is 0 Å². The van der Waals surface area contributed by atoms with Gasteiger partial charge in [-0.3, -0.25) is 4.79 Å². The molecule has 28 heavy (non-hydrogen) atoms. The monoisotopic (exact) mass is 385 g/mol. The van der Waals surface area contributed by atoms with E-state index in [9.17, 15) is 4.79 Å². The lowest BCUT2D eigenvalue weighted by molar-refractivity contribution is -1.02. The molecule has 1 amide bonds. The fraction of sp³-hybridized carbons (Fsp3) is 0.409. The molecule has 1 saturated heterocycles. The van der Waals surface area contributed by atoms with E-state index in [-0.39, 0.29) is 5.91 Å². The Kier molecular flexibility index (Phi) is 6.90. The zero-order valence-corrected chi connectivity index (χ0v) is 17.0. The molecule has 6 nitrogen and oxygen atoms in total. The Morgan fingerprint density at radius 2 is 1.75 bits per heavy atom. The van der Waals surface area contributed by atoms with Crippen LogP contribution in [-0.2, 0) is 11.3 Å². The minimum Gasteiger partial charge on any atom is -0.497 e. The summed E-state index contributed by atoms with van der Waals surface area (Å²) in [5, 5.41) is 2.97. The van der Waals surface area contributed by atoms with E-state index in [2.05, 4.69) is 36.5 Å². The van der Waals surface area contributed by atoms with Gasteiger partial charge in [0.15, 0.2) is 6.54 Å². The minimum atomic E-state index is 0.00341. The molecule has 0 saturated carbocycles. The van der Waals surface area contributed by atoms with Crippen LogP contribution in [0.25, 0.3) is 0 Å².